The number of thioether (sulfide) groups is 1. The van der Waals surface area contributed by atoms with Gasteiger partial charge in [-0.25, -0.2) is 4.79 Å². The molecule has 1 aromatic rings. The van der Waals surface area contributed by atoms with Crippen molar-refractivity contribution >= 4 is 28.3 Å². The van der Waals surface area contributed by atoms with Gasteiger partial charge >= 0.3 is 5.97 Å². The highest BCUT2D eigenvalue weighted by atomic mass is 32.2. The van der Waals surface area contributed by atoms with E-state index in [1.54, 1.807) is 43.3 Å². The fourth-order valence-corrected chi connectivity index (χ4v) is 2.65. The van der Waals surface area contributed by atoms with Crippen molar-refractivity contribution in [3.8, 4) is 6.07 Å². The van der Waals surface area contributed by atoms with Crippen LogP contribution in [0.2, 0.25) is 0 Å². The summed E-state index contributed by atoms with van der Waals surface area (Å²) in [6.07, 6.45) is 3.28. The first kappa shape index (κ1) is 14.9. The molecule has 0 saturated carbocycles. The molecule has 0 bridgehead atoms. The molecule has 6 heteroatoms. The molecule has 21 heavy (non-hydrogen) atoms. The number of nitrogens with zero attached hydrogens (tertiary/aromatic N) is 2. The Labute approximate surface area is 126 Å². The van der Waals surface area contributed by atoms with Gasteiger partial charge in [0.25, 0.3) is 0 Å². The van der Waals surface area contributed by atoms with Gasteiger partial charge in [0.2, 0.25) is 0 Å². The smallest absolute Gasteiger partial charge is 0.338 e. The summed E-state index contributed by atoms with van der Waals surface area (Å²) in [5, 5.41) is 21.7. The minimum atomic E-state index is -0.468. The van der Waals surface area contributed by atoms with E-state index in [1.165, 1.54) is 11.8 Å². The summed E-state index contributed by atoms with van der Waals surface area (Å²) in [6, 6.07) is 8.89. The standard InChI is InChI=1S/C15H12N2O3S/c1-2-20-15(18)11-6-4-3-5-10(11)12(9-16)13-7-8-14(17-19)21-13/h3-8,19H,2H2,1H3/b13-12-,17-14-. The SMILES string of the molecule is CCOC(=O)c1ccccc1/C(C#N)=C1C=C/C(=N/O)S/1. The highest BCUT2D eigenvalue weighted by Gasteiger charge is 2.20. The van der Waals surface area contributed by atoms with E-state index in [4.69, 9.17) is 9.94 Å². The summed E-state index contributed by atoms with van der Waals surface area (Å²) in [4.78, 5) is 12.6. The summed E-state index contributed by atoms with van der Waals surface area (Å²) in [5.74, 6) is -0.468. The van der Waals surface area contributed by atoms with Crippen molar-refractivity contribution in [2.45, 2.75) is 6.92 Å². The number of nitriles is 1. The van der Waals surface area contributed by atoms with Gasteiger partial charge in [0.05, 0.1) is 17.7 Å². The zero-order chi connectivity index (χ0) is 15.2. The first-order valence-electron chi connectivity index (χ1n) is 6.20. The third kappa shape index (κ3) is 3.15. The molecular weight excluding hydrogens is 288 g/mol. The molecule has 0 atom stereocenters. The van der Waals surface area contributed by atoms with Crippen molar-refractivity contribution in [1.82, 2.24) is 0 Å². The Kier molecular flexibility index (Phi) is 4.80. The van der Waals surface area contributed by atoms with Gasteiger partial charge in [-0.2, -0.15) is 5.26 Å². The molecule has 0 spiro atoms. The summed E-state index contributed by atoms with van der Waals surface area (Å²) >= 11 is 1.17. The Balaban J connectivity index is 2.51. The van der Waals surface area contributed by atoms with Gasteiger partial charge in [-0.05, 0) is 25.1 Å². The van der Waals surface area contributed by atoms with Gasteiger partial charge in [0.15, 0.2) is 0 Å². The number of carbonyl (C=O) groups excluding carboxylic acids is 1. The largest absolute Gasteiger partial charge is 0.462 e. The Morgan fingerprint density at radius 3 is 2.67 bits per heavy atom. The first-order chi connectivity index (χ1) is 10.2. The molecule has 0 unspecified atom stereocenters. The maximum absolute atomic E-state index is 12.0. The molecule has 0 amide bonds. The van der Waals surface area contributed by atoms with Crippen LogP contribution in [0.25, 0.3) is 5.57 Å². The quantitative estimate of drug-likeness (QED) is 0.401. The van der Waals surface area contributed by atoms with E-state index in [2.05, 4.69) is 11.2 Å². The van der Waals surface area contributed by atoms with E-state index >= 15 is 0 Å². The van der Waals surface area contributed by atoms with Crippen LogP contribution in [0.4, 0.5) is 0 Å². The van der Waals surface area contributed by atoms with Crippen molar-refractivity contribution in [2.24, 2.45) is 5.16 Å². The van der Waals surface area contributed by atoms with Gasteiger partial charge in [0, 0.05) is 10.5 Å². The number of oxime groups is 1. The first-order valence-corrected chi connectivity index (χ1v) is 7.01. The Bertz CT molecular complexity index is 699. The van der Waals surface area contributed by atoms with E-state index in [9.17, 15) is 10.1 Å². The van der Waals surface area contributed by atoms with E-state index < -0.39 is 5.97 Å². The number of hydrogen-bond donors (Lipinski definition) is 1. The third-order valence-corrected chi connectivity index (χ3v) is 3.73. The molecule has 0 aromatic heterocycles. The van der Waals surface area contributed by atoms with Gasteiger partial charge in [-0.1, -0.05) is 35.1 Å². The predicted octanol–water partition coefficient (Wildman–Crippen LogP) is 3.19. The van der Waals surface area contributed by atoms with Gasteiger partial charge in [0.1, 0.15) is 11.1 Å². The summed E-state index contributed by atoms with van der Waals surface area (Å²) < 4.78 is 5.01. The number of benzene rings is 1. The zero-order valence-corrected chi connectivity index (χ0v) is 12.1. The number of carbonyl (C=O) groups is 1. The highest BCUT2D eigenvalue weighted by molar-refractivity contribution is 8.18. The lowest BCUT2D eigenvalue weighted by molar-refractivity contribution is 0.0526. The van der Waals surface area contributed by atoms with Crippen LogP contribution in [-0.2, 0) is 4.74 Å². The summed E-state index contributed by atoms with van der Waals surface area (Å²) in [7, 11) is 0. The normalized spacial score (nSPS) is 17.6. The molecule has 2 rings (SSSR count). The number of hydrogen-bond acceptors (Lipinski definition) is 6. The lowest BCUT2D eigenvalue weighted by Gasteiger charge is -2.09. The molecule has 0 radical (unpaired) electrons. The molecular formula is C15H12N2O3S. The second kappa shape index (κ2) is 6.77. The van der Waals surface area contributed by atoms with E-state index in [1.807, 2.05) is 0 Å². The van der Waals surface area contributed by atoms with Crippen molar-refractivity contribution in [3.63, 3.8) is 0 Å². The molecule has 106 valence electrons. The molecule has 0 fully saturated rings. The second-order valence-corrected chi connectivity index (χ2v) is 5.05. The van der Waals surface area contributed by atoms with Crippen LogP contribution in [-0.4, -0.2) is 22.8 Å². The number of esters is 1. The number of ether oxygens (including phenoxy) is 1. The predicted molar refractivity (Wildman–Crippen MR) is 80.9 cm³/mol. The highest BCUT2D eigenvalue weighted by Crippen LogP contribution is 2.34. The molecule has 0 saturated heterocycles. The van der Waals surface area contributed by atoms with Crippen molar-refractivity contribution < 1.29 is 14.7 Å². The Hall–Kier alpha value is -2.52. The number of rotatable bonds is 3. The van der Waals surface area contributed by atoms with Crippen molar-refractivity contribution in [2.75, 3.05) is 6.61 Å². The van der Waals surface area contributed by atoms with Crippen LogP contribution in [0.5, 0.6) is 0 Å². The summed E-state index contributed by atoms with van der Waals surface area (Å²) in [5.41, 5.74) is 1.19. The minimum absolute atomic E-state index is 0.265. The third-order valence-electron chi connectivity index (χ3n) is 2.74. The maximum Gasteiger partial charge on any atom is 0.338 e. The van der Waals surface area contributed by atoms with Crippen LogP contribution in [0, 0.1) is 11.3 Å². The van der Waals surface area contributed by atoms with Gasteiger partial charge in [-0.3, -0.25) is 0 Å². The average Bonchev–Trinajstić information content (AvgIpc) is 2.97. The maximum atomic E-state index is 12.0. The van der Waals surface area contributed by atoms with Crippen LogP contribution >= 0.6 is 11.8 Å². The lowest BCUT2D eigenvalue weighted by atomic mass is 10.00. The monoisotopic (exact) mass is 300 g/mol. The fraction of sp³-hybridized carbons (Fsp3) is 0.133. The van der Waals surface area contributed by atoms with Crippen LogP contribution in [0.1, 0.15) is 22.8 Å². The van der Waals surface area contributed by atoms with Crippen molar-refractivity contribution in [1.29, 1.82) is 5.26 Å². The molecule has 1 N–H and O–H groups in total. The number of allylic oxidation sites excluding steroid dienone is 2. The molecule has 1 heterocycles. The Morgan fingerprint density at radius 2 is 2.10 bits per heavy atom. The molecule has 1 aliphatic heterocycles. The Morgan fingerprint density at radius 1 is 1.38 bits per heavy atom. The molecule has 1 aromatic carbocycles. The molecule has 1 aliphatic rings. The van der Waals surface area contributed by atoms with E-state index in [0.29, 0.717) is 26.6 Å². The topological polar surface area (TPSA) is 82.7 Å². The van der Waals surface area contributed by atoms with E-state index in [0.717, 1.165) is 0 Å². The average molecular weight is 300 g/mol. The molecule has 5 nitrogen and oxygen atoms in total. The van der Waals surface area contributed by atoms with Crippen LogP contribution in [0.3, 0.4) is 0 Å². The van der Waals surface area contributed by atoms with Gasteiger partial charge in [-0.15, -0.1) is 0 Å². The molecule has 0 aliphatic carbocycles. The van der Waals surface area contributed by atoms with Gasteiger partial charge < -0.3 is 9.94 Å². The fourth-order valence-electron chi connectivity index (χ4n) is 1.85. The van der Waals surface area contributed by atoms with E-state index in [-0.39, 0.29) is 6.61 Å². The lowest BCUT2D eigenvalue weighted by Crippen LogP contribution is -2.07. The van der Waals surface area contributed by atoms with Crippen molar-refractivity contribution in [3.05, 3.63) is 52.4 Å². The van der Waals surface area contributed by atoms with Crippen LogP contribution < -0.4 is 0 Å². The minimum Gasteiger partial charge on any atom is -0.462 e. The summed E-state index contributed by atoms with van der Waals surface area (Å²) in [6.45, 7) is 1.99. The van der Waals surface area contributed by atoms with Crippen LogP contribution in [0.15, 0.2) is 46.5 Å². The second-order valence-electron chi connectivity index (χ2n) is 3.99. The zero-order valence-electron chi connectivity index (χ0n) is 11.2.